The number of hydrogen-bond donors (Lipinski definition) is 3. The minimum Gasteiger partial charge on any atom is -0.480 e. The summed E-state index contributed by atoms with van der Waals surface area (Å²) in [6.07, 6.45) is -0.732. The third-order valence-corrected chi connectivity index (χ3v) is 4.04. The standard InChI is InChI=1S/C18H13NO7/c20-15(21)18(16(22)23,17(24)25)9-10-6-7-12-13(8-10)26-14(19-12)11-4-2-1-3-5-11/h1-8H,9H2,(H,20,21)(H,22,23)(H,24,25). The zero-order valence-electron chi connectivity index (χ0n) is 13.2. The van der Waals surface area contributed by atoms with Crippen molar-refractivity contribution in [3.8, 4) is 11.5 Å². The Morgan fingerprint density at radius 3 is 2.12 bits per heavy atom. The molecule has 132 valence electrons. The lowest BCUT2D eigenvalue weighted by atomic mass is 9.81. The van der Waals surface area contributed by atoms with E-state index in [2.05, 4.69) is 4.98 Å². The third-order valence-electron chi connectivity index (χ3n) is 4.04. The van der Waals surface area contributed by atoms with Gasteiger partial charge in [0, 0.05) is 12.0 Å². The van der Waals surface area contributed by atoms with E-state index in [1.807, 2.05) is 18.2 Å². The van der Waals surface area contributed by atoms with Crippen molar-refractivity contribution in [2.45, 2.75) is 6.42 Å². The van der Waals surface area contributed by atoms with Crippen molar-refractivity contribution in [1.29, 1.82) is 0 Å². The molecule has 0 spiro atoms. The Hall–Kier alpha value is -3.68. The molecule has 3 aromatic rings. The van der Waals surface area contributed by atoms with Crippen LogP contribution in [0, 0.1) is 5.41 Å². The number of hydrogen-bond acceptors (Lipinski definition) is 5. The van der Waals surface area contributed by atoms with Crippen LogP contribution in [0.2, 0.25) is 0 Å². The Kier molecular flexibility index (Phi) is 4.17. The molecule has 0 bridgehead atoms. The van der Waals surface area contributed by atoms with Crippen molar-refractivity contribution < 1.29 is 34.1 Å². The molecule has 0 saturated heterocycles. The maximum Gasteiger partial charge on any atom is 0.333 e. The number of carbonyl (C=O) groups is 3. The Morgan fingerprint density at radius 1 is 0.923 bits per heavy atom. The highest BCUT2D eigenvalue weighted by molar-refractivity contribution is 6.16. The zero-order valence-corrected chi connectivity index (χ0v) is 13.2. The average Bonchev–Trinajstić information content (AvgIpc) is 3.02. The molecule has 3 rings (SSSR count). The summed E-state index contributed by atoms with van der Waals surface area (Å²) in [6, 6.07) is 13.4. The second-order valence-electron chi connectivity index (χ2n) is 5.68. The van der Waals surface area contributed by atoms with E-state index >= 15 is 0 Å². The van der Waals surface area contributed by atoms with Crippen molar-refractivity contribution in [2.75, 3.05) is 0 Å². The Morgan fingerprint density at radius 2 is 1.54 bits per heavy atom. The molecule has 1 aromatic heterocycles. The van der Waals surface area contributed by atoms with E-state index in [-0.39, 0.29) is 5.56 Å². The highest BCUT2D eigenvalue weighted by Gasteiger charge is 2.54. The van der Waals surface area contributed by atoms with Crippen LogP contribution in [0.15, 0.2) is 52.9 Å². The number of aliphatic carboxylic acids is 3. The molecule has 26 heavy (non-hydrogen) atoms. The minimum atomic E-state index is -2.98. The van der Waals surface area contributed by atoms with E-state index in [1.54, 1.807) is 12.1 Å². The molecular weight excluding hydrogens is 342 g/mol. The van der Waals surface area contributed by atoms with Gasteiger partial charge in [0.1, 0.15) is 5.52 Å². The van der Waals surface area contributed by atoms with Gasteiger partial charge in [-0.05, 0) is 29.8 Å². The van der Waals surface area contributed by atoms with Crippen molar-refractivity contribution in [1.82, 2.24) is 4.98 Å². The molecule has 0 fully saturated rings. The molecule has 0 aliphatic heterocycles. The van der Waals surface area contributed by atoms with Crippen LogP contribution < -0.4 is 0 Å². The summed E-state index contributed by atoms with van der Waals surface area (Å²) >= 11 is 0. The van der Waals surface area contributed by atoms with Crippen molar-refractivity contribution in [2.24, 2.45) is 5.41 Å². The van der Waals surface area contributed by atoms with Crippen LogP contribution in [0.5, 0.6) is 0 Å². The van der Waals surface area contributed by atoms with Crippen LogP contribution in [-0.4, -0.2) is 38.2 Å². The first-order chi connectivity index (χ1) is 12.3. The summed E-state index contributed by atoms with van der Waals surface area (Å²) in [4.78, 5) is 38.4. The van der Waals surface area contributed by atoms with Gasteiger partial charge < -0.3 is 19.7 Å². The van der Waals surface area contributed by atoms with Crippen molar-refractivity contribution in [3.63, 3.8) is 0 Å². The summed E-state index contributed by atoms with van der Waals surface area (Å²) in [5.74, 6) is -5.49. The number of nitrogens with zero attached hydrogens (tertiary/aromatic N) is 1. The second kappa shape index (κ2) is 6.32. The molecule has 8 heteroatoms. The quantitative estimate of drug-likeness (QED) is 0.573. The monoisotopic (exact) mass is 355 g/mol. The molecule has 0 atom stereocenters. The predicted molar refractivity (Wildman–Crippen MR) is 88.5 cm³/mol. The number of carboxylic acid groups (broad SMARTS) is 3. The first kappa shape index (κ1) is 17.2. The largest absolute Gasteiger partial charge is 0.480 e. The van der Waals surface area contributed by atoms with Crippen LogP contribution in [0.4, 0.5) is 0 Å². The third kappa shape index (κ3) is 2.77. The van der Waals surface area contributed by atoms with E-state index in [0.717, 1.165) is 5.56 Å². The van der Waals surface area contributed by atoms with Gasteiger partial charge in [0.15, 0.2) is 5.58 Å². The summed E-state index contributed by atoms with van der Waals surface area (Å²) in [5.41, 5.74) is -1.26. The average molecular weight is 355 g/mol. The zero-order chi connectivity index (χ0) is 18.9. The smallest absolute Gasteiger partial charge is 0.333 e. The molecule has 0 saturated carbocycles. The summed E-state index contributed by atoms with van der Waals surface area (Å²) in [5, 5.41) is 27.6. The maximum absolute atomic E-state index is 11.4. The van der Waals surface area contributed by atoms with Crippen LogP contribution in [0.25, 0.3) is 22.6 Å². The Balaban J connectivity index is 2.02. The van der Waals surface area contributed by atoms with Crippen LogP contribution >= 0.6 is 0 Å². The topological polar surface area (TPSA) is 138 Å². The molecule has 0 aliphatic carbocycles. The lowest BCUT2D eigenvalue weighted by Gasteiger charge is -2.19. The lowest BCUT2D eigenvalue weighted by molar-refractivity contribution is -0.175. The minimum absolute atomic E-state index is 0.195. The first-order valence-electron chi connectivity index (χ1n) is 7.49. The Bertz CT molecular complexity index is 971. The maximum atomic E-state index is 11.4. The van der Waals surface area contributed by atoms with E-state index in [9.17, 15) is 29.7 Å². The fourth-order valence-corrected chi connectivity index (χ4v) is 2.59. The van der Waals surface area contributed by atoms with Gasteiger partial charge in [0.05, 0.1) is 0 Å². The highest BCUT2D eigenvalue weighted by atomic mass is 16.4. The van der Waals surface area contributed by atoms with Gasteiger partial charge in [0.2, 0.25) is 5.89 Å². The van der Waals surface area contributed by atoms with Crippen LogP contribution in [0.1, 0.15) is 5.56 Å². The fourth-order valence-electron chi connectivity index (χ4n) is 2.59. The number of fused-ring (bicyclic) bond motifs is 1. The molecule has 0 amide bonds. The Labute approximate surface area is 146 Å². The molecule has 0 radical (unpaired) electrons. The fraction of sp³-hybridized carbons (Fsp3) is 0.111. The number of carboxylic acids is 3. The normalized spacial score (nSPS) is 11.4. The summed E-state index contributed by atoms with van der Waals surface area (Å²) in [7, 11) is 0. The SMILES string of the molecule is O=C(O)C(Cc1ccc2nc(-c3ccccc3)oc2c1)(C(=O)O)C(=O)O. The lowest BCUT2D eigenvalue weighted by Crippen LogP contribution is -2.48. The van der Waals surface area contributed by atoms with Crippen LogP contribution in [0.3, 0.4) is 0 Å². The van der Waals surface area contributed by atoms with Gasteiger partial charge in [-0.2, -0.15) is 0 Å². The van der Waals surface area contributed by atoms with E-state index in [4.69, 9.17) is 4.42 Å². The molecular formula is C18H13NO7. The first-order valence-corrected chi connectivity index (χ1v) is 7.49. The molecule has 3 N–H and O–H groups in total. The van der Waals surface area contributed by atoms with Gasteiger partial charge >= 0.3 is 17.9 Å². The van der Waals surface area contributed by atoms with Gasteiger partial charge in [0.25, 0.3) is 5.41 Å². The highest BCUT2D eigenvalue weighted by Crippen LogP contribution is 2.29. The number of oxazole rings is 1. The number of benzene rings is 2. The van der Waals surface area contributed by atoms with Crippen molar-refractivity contribution in [3.05, 3.63) is 54.1 Å². The van der Waals surface area contributed by atoms with E-state index in [1.165, 1.54) is 18.2 Å². The van der Waals surface area contributed by atoms with Gasteiger partial charge in [-0.25, -0.2) is 4.98 Å². The second-order valence-corrected chi connectivity index (χ2v) is 5.68. The number of rotatable bonds is 6. The van der Waals surface area contributed by atoms with Crippen molar-refractivity contribution >= 4 is 29.0 Å². The predicted octanol–water partition coefficient (Wildman–Crippen LogP) is 2.28. The van der Waals surface area contributed by atoms with Crippen LogP contribution in [-0.2, 0) is 20.8 Å². The molecule has 2 aromatic carbocycles. The van der Waals surface area contributed by atoms with E-state index < -0.39 is 29.7 Å². The molecule has 8 nitrogen and oxygen atoms in total. The summed E-state index contributed by atoms with van der Waals surface area (Å²) in [6.45, 7) is 0. The summed E-state index contributed by atoms with van der Waals surface area (Å²) < 4.78 is 5.64. The van der Waals surface area contributed by atoms with E-state index in [0.29, 0.717) is 17.0 Å². The molecule has 0 aliphatic rings. The molecule has 0 unspecified atom stereocenters. The number of aromatic nitrogens is 1. The van der Waals surface area contributed by atoms with Gasteiger partial charge in [-0.3, -0.25) is 14.4 Å². The van der Waals surface area contributed by atoms with Gasteiger partial charge in [-0.1, -0.05) is 24.3 Å². The molecule has 1 heterocycles. The van der Waals surface area contributed by atoms with Gasteiger partial charge in [-0.15, -0.1) is 0 Å².